The van der Waals surface area contributed by atoms with Crippen molar-refractivity contribution >= 4 is 21.5 Å². The van der Waals surface area contributed by atoms with E-state index >= 15 is 0 Å². The Balaban J connectivity index is 2.25. The normalized spacial score (nSPS) is 16.7. The Morgan fingerprint density at radius 1 is 1.23 bits per heavy atom. The summed E-state index contributed by atoms with van der Waals surface area (Å²) in [6, 6.07) is 7.01. The van der Waals surface area contributed by atoms with Crippen LogP contribution in [0.2, 0.25) is 0 Å². The Hall–Kier alpha value is -1.81. The summed E-state index contributed by atoms with van der Waals surface area (Å²) in [5.41, 5.74) is 1.71. The standard InChI is InChI=1S/C12H15F3N4O2S/c1-9-17-18(11-4-2-10(8-16)3-5-11)6-7-19(9)22(20,21)12(13,14)15/h2-5H,6-8,16H2,1H3. The highest BCUT2D eigenvalue weighted by atomic mass is 32.2. The maximum Gasteiger partial charge on any atom is 0.516 e. The molecule has 0 saturated carbocycles. The number of hydrazone groups is 1. The van der Waals surface area contributed by atoms with Gasteiger partial charge >= 0.3 is 15.5 Å². The molecule has 1 aliphatic rings. The van der Waals surface area contributed by atoms with Crippen molar-refractivity contribution in [3.8, 4) is 0 Å². The Labute approximate surface area is 126 Å². The molecule has 0 radical (unpaired) electrons. The summed E-state index contributed by atoms with van der Waals surface area (Å²) >= 11 is 0. The van der Waals surface area contributed by atoms with Gasteiger partial charge in [-0.1, -0.05) is 12.1 Å². The molecule has 122 valence electrons. The fraction of sp³-hybridized carbons (Fsp3) is 0.417. The fourth-order valence-electron chi connectivity index (χ4n) is 2.03. The molecule has 0 saturated heterocycles. The molecule has 1 aromatic rings. The number of hydrogen-bond acceptors (Lipinski definition) is 5. The number of hydrogen-bond donors (Lipinski definition) is 1. The highest BCUT2D eigenvalue weighted by molar-refractivity contribution is 7.90. The molecule has 10 heteroatoms. The number of sulfonamides is 1. The van der Waals surface area contributed by atoms with E-state index in [1.807, 2.05) is 0 Å². The molecular weight excluding hydrogens is 321 g/mol. The van der Waals surface area contributed by atoms with Crippen molar-refractivity contribution in [3.63, 3.8) is 0 Å². The van der Waals surface area contributed by atoms with Gasteiger partial charge in [0, 0.05) is 6.54 Å². The lowest BCUT2D eigenvalue weighted by Crippen LogP contribution is -2.50. The molecule has 2 N–H and O–H groups in total. The van der Waals surface area contributed by atoms with E-state index in [9.17, 15) is 21.6 Å². The summed E-state index contributed by atoms with van der Waals surface area (Å²) < 4.78 is 60.9. The highest BCUT2D eigenvalue weighted by Crippen LogP contribution is 2.29. The molecule has 1 heterocycles. The second-order valence-corrected chi connectivity index (χ2v) is 6.52. The zero-order chi connectivity index (χ0) is 16.5. The molecule has 0 amide bonds. The fourth-order valence-corrected chi connectivity index (χ4v) is 2.99. The molecular formula is C12H15F3N4O2S. The second kappa shape index (κ2) is 5.76. The average molecular weight is 336 g/mol. The van der Waals surface area contributed by atoms with E-state index in [2.05, 4.69) is 5.10 Å². The van der Waals surface area contributed by atoms with Gasteiger partial charge in [-0.05, 0) is 24.6 Å². The molecule has 0 aliphatic carbocycles. The lowest BCUT2D eigenvalue weighted by atomic mass is 10.2. The number of anilines is 1. The number of nitrogens with zero attached hydrogens (tertiary/aromatic N) is 3. The van der Waals surface area contributed by atoms with Crippen LogP contribution < -0.4 is 10.7 Å². The van der Waals surface area contributed by atoms with Gasteiger partial charge in [-0.3, -0.25) is 5.01 Å². The van der Waals surface area contributed by atoms with Crippen molar-refractivity contribution in [2.45, 2.75) is 19.0 Å². The first kappa shape index (κ1) is 16.6. The van der Waals surface area contributed by atoms with Crippen molar-refractivity contribution in [1.82, 2.24) is 4.31 Å². The van der Waals surface area contributed by atoms with Crippen LogP contribution >= 0.6 is 0 Å². The first-order valence-electron chi connectivity index (χ1n) is 6.37. The molecule has 0 fully saturated rings. The van der Waals surface area contributed by atoms with Gasteiger partial charge in [0.2, 0.25) is 0 Å². The Kier molecular flexibility index (Phi) is 4.34. The zero-order valence-corrected chi connectivity index (χ0v) is 12.5. The minimum atomic E-state index is -5.41. The Morgan fingerprint density at radius 3 is 2.27 bits per heavy atom. The third-order valence-corrected chi connectivity index (χ3v) is 4.81. The van der Waals surface area contributed by atoms with Crippen LogP contribution in [0.4, 0.5) is 18.9 Å². The first-order valence-corrected chi connectivity index (χ1v) is 7.81. The number of benzene rings is 1. The van der Waals surface area contributed by atoms with Crippen LogP contribution in [0.3, 0.4) is 0 Å². The molecule has 0 unspecified atom stereocenters. The van der Waals surface area contributed by atoms with Crippen LogP contribution in [-0.4, -0.2) is 37.2 Å². The molecule has 1 aromatic carbocycles. The lowest BCUT2D eigenvalue weighted by Gasteiger charge is -2.33. The first-order chi connectivity index (χ1) is 10.2. The third kappa shape index (κ3) is 3.02. The van der Waals surface area contributed by atoms with E-state index in [1.54, 1.807) is 24.3 Å². The van der Waals surface area contributed by atoms with E-state index in [0.717, 1.165) is 5.56 Å². The van der Waals surface area contributed by atoms with Gasteiger partial charge in [0.1, 0.15) is 5.84 Å². The topological polar surface area (TPSA) is 79.0 Å². The van der Waals surface area contributed by atoms with Gasteiger partial charge < -0.3 is 5.73 Å². The monoisotopic (exact) mass is 336 g/mol. The molecule has 0 atom stereocenters. The SMILES string of the molecule is CC1=NN(c2ccc(CN)cc2)CCN1S(=O)(=O)C(F)(F)F. The van der Waals surface area contributed by atoms with E-state index in [0.29, 0.717) is 12.2 Å². The van der Waals surface area contributed by atoms with Crippen LogP contribution in [0.5, 0.6) is 0 Å². The summed E-state index contributed by atoms with van der Waals surface area (Å²) in [5, 5.41) is 5.39. The van der Waals surface area contributed by atoms with E-state index in [-0.39, 0.29) is 23.2 Å². The van der Waals surface area contributed by atoms with Crippen molar-refractivity contribution in [3.05, 3.63) is 29.8 Å². The predicted molar refractivity (Wildman–Crippen MR) is 76.5 cm³/mol. The highest BCUT2D eigenvalue weighted by Gasteiger charge is 2.51. The van der Waals surface area contributed by atoms with Crippen LogP contribution in [-0.2, 0) is 16.6 Å². The maximum atomic E-state index is 12.6. The molecule has 6 nitrogen and oxygen atoms in total. The number of rotatable bonds is 3. The van der Waals surface area contributed by atoms with Crippen molar-refractivity contribution in [2.75, 3.05) is 18.1 Å². The van der Waals surface area contributed by atoms with Gasteiger partial charge in [0.05, 0.1) is 18.8 Å². The largest absolute Gasteiger partial charge is 0.516 e. The number of halogens is 3. The Bertz CT molecular complexity index is 671. The van der Waals surface area contributed by atoms with Crippen molar-refractivity contribution in [2.24, 2.45) is 10.8 Å². The molecule has 22 heavy (non-hydrogen) atoms. The van der Waals surface area contributed by atoms with E-state index < -0.39 is 15.5 Å². The average Bonchev–Trinajstić information content (AvgIpc) is 2.45. The minimum Gasteiger partial charge on any atom is -0.326 e. The van der Waals surface area contributed by atoms with Gasteiger partial charge in [0.15, 0.2) is 0 Å². The predicted octanol–water partition coefficient (Wildman–Crippen LogP) is 1.45. The van der Waals surface area contributed by atoms with Crippen LogP contribution in [0.1, 0.15) is 12.5 Å². The van der Waals surface area contributed by atoms with Gasteiger partial charge in [-0.2, -0.15) is 26.7 Å². The second-order valence-electron chi connectivity index (χ2n) is 4.66. The Morgan fingerprint density at radius 2 is 1.82 bits per heavy atom. The van der Waals surface area contributed by atoms with Gasteiger partial charge in [-0.25, -0.2) is 4.31 Å². The smallest absolute Gasteiger partial charge is 0.326 e. The molecule has 0 aromatic heterocycles. The molecule has 0 spiro atoms. The summed E-state index contributed by atoms with van der Waals surface area (Å²) in [4.78, 5) is 0. The van der Waals surface area contributed by atoms with Crippen LogP contribution in [0.15, 0.2) is 29.4 Å². The summed E-state index contributed by atoms with van der Waals surface area (Å²) in [6.45, 7) is 1.30. The summed E-state index contributed by atoms with van der Waals surface area (Å²) in [5.74, 6) is -0.230. The van der Waals surface area contributed by atoms with Gasteiger partial charge in [0.25, 0.3) is 0 Å². The van der Waals surface area contributed by atoms with Crippen LogP contribution in [0, 0.1) is 0 Å². The quantitative estimate of drug-likeness (QED) is 0.906. The number of amidine groups is 1. The van der Waals surface area contributed by atoms with E-state index in [4.69, 9.17) is 5.73 Å². The van der Waals surface area contributed by atoms with Crippen molar-refractivity contribution < 1.29 is 21.6 Å². The lowest BCUT2D eigenvalue weighted by molar-refractivity contribution is -0.0473. The minimum absolute atomic E-state index is 0.0224. The maximum absolute atomic E-state index is 12.6. The summed E-state index contributed by atoms with van der Waals surface area (Å²) in [6.07, 6.45) is 0. The number of alkyl halides is 3. The number of nitrogens with two attached hydrogens (primary N) is 1. The van der Waals surface area contributed by atoms with E-state index in [1.165, 1.54) is 11.9 Å². The molecule has 1 aliphatic heterocycles. The summed E-state index contributed by atoms with van der Waals surface area (Å²) in [7, 11) is -5.41. The molecule has 2 rings (SSSR count). The van der Waals surface area contributed by atoms with Crippen molar-refractivity contribution in [1.29, 1.82) is 0 Å². The third-order valence-electron chi connectivity index (χ3n) is 3.19. The molecule has 0 bridgehead atoms. The van der Waals surface area contributed by atoms with Gasteiger partial charge in [-0.15, -0.1) is 0 Å². The zero-order valence-electron chi connectivity index (χ0n) is 11.7. The van der Waals surface area contributed by atoms with Crippen LogP contribution in [0.25, 0.3) is 0 Å².